The van der Waals surface area contributed by atoms with Crippen molar-refractivity contribution in [3.05, 3.63) is 59.2 Å². The fourth-order valence-corrected chi connectivity index (χ4v) is 3.36. The minimum Gasteiger partial charge on any atom is -0.497 e. The van der Waals surface area contributed by atoms with Crippen LogP contribution in [0.4, 0.5) is 8.78 Å². The third kappa shape index (κ3) is 5.29. The van der Waals surface area contributed by atoms with Crippen molar-refractivity contribution in [2.75, 3.05) is 28.3 Å². The third-order valence-corrected chi connectivity index (χ3v) is 4.95. The Kier molecular flexibility index (Phi) is 8.06. The molecule has 0 aromatic heterocycles. The lowest BCUT2D eigenvalue weighted by atomic mass is 10.1. The first-order valence-corrected chi connectivity index (χ1v) is 9.07. The van der Waals surface area contributed by atoms with Crippen molar-refractivity contribution in [3.8, 4) is 11.5 Å². The predicted molar refractivity (Wildman–Crippen MR) is 120 cm³/mol. The van der Waals surface area contributed by atoms with Crippen molar-refractivity contribution < 1.29 is 18.3 Å². The summed E-state index contributed by atoms with van der Waals surface area (Å²) >= 11 is 0. The van der Waals surface area contributed by atoms with E-state index < -0.39 is 11.6 Å². The Balaban J connectivity index is 0.00000300. The molecule has 0 heterocycles. The molecule has 3 rings (SSSR count). The Morgan fingerprint density at radius 3 is 2.45 bits per heavy atom. The van der Waals surface area contributed by atoms with E-state index in [9.17, 15) is 8.78 Å². The molecule has 2 aromatic rings. The SMILES string of the molecule is CN=C(NC1CC1c1c(F)cccc1F)N(C)Cc1ccc(OC)cc1OC.I. The zero-order valence-electron chi connectivity index (χ0n) is 16.9. The maximum absolute atomic E-state index is 14.0. The Morgan fingerprint density at radius 1 is 1.17 bits per heavy atom. The van der Waals surface area contributed by atoms with E-state index in [4.69, 9.17) is 9.47 Å². The van der Waals surface area contributed by atoms with Gasteiger partial charge >= 0.3 is 0 Å². The molecular formula is C21H26F2IN3O2. The lowest BCUT2D eigenvalue weighted by molar-refractivity contribution is 0.382. The number of nitrogens with zero attached hydrogens (tertiary/aromatic N) is 2. The molecule has 2 unspecified atom stereocenters. The van der Waals surface area contributed by atoms with E-state index >= 15 is 0 Å². The smallest absolute Gasteiger partial charge is 0.193 e. The van der Waals surface area contributed by atoms with E-state index in [-0.39, 0.29) is 41.5 Å². The average molecular weight is 517 g/mol. The minimum absolute atomic E-state index is 0. The number of ether oxygens (including phenoxy) is 2. The molecule has 8 heteroatoms. The van der Waals surface area contributed by atoms with Gasteiger partial charge in [0.2, 0.25) is 0 Å². The summed E-state index contributed by atoms with van der Waals surface area (Å²) in [6, 6.07) is 9.57. The number of halogens is 3. The van der Waals surface area contributed by atoms with E-state index in [2.05, 4.69) is 10.3 Å². The van der Waals surface area contributed by atoms with Crippen LogP contribution in [-0.4, -0.2) is 45.2 Å². The average Bonchev–Trinajstić information content (AvgIpc) is 3.44. The summed E-state index contributed by atoms with van der Waals surface area (Å²) in [4.78, 5) is 6.25. The number of methoxy groups -OCH3 is 2. The van der Waals surface area contributed by atoms with Crippen molar-refractivity contribution in [2.24, 2.45) is 4.99 Å². The van der Waals surface area contributed by atoms with Gasteiger partial charge < -0.3 is 19.7 Å². The zero-order valence-corrected chi connectivity index (χ0v) is 19.2. The molecule has 158 valence electrons. The van der Waals surface area contributed by atoms with Crippen LogP contribution in [0, 0.1) is 11.6 Å². The van der Waals surface area contributed by atoms with E-state index in [0.29, 0.717) is 18.9 Å². The number of benzene rings is 2. The van der Waals surface area contributed by atoms with Gasteiger partial charge in [-0.2, -0.15) is 0 Å². The second-order valence-electron chi connectivity index (χ2n) is 6.81. The van der Waals surface area contributed by atoms with Gasteiger partial charge in [-0.15, -0.1) is 24.0 Å². The van der Waals surface area contributed by atoms with Crippen LogP contribution in [0.3, 0.4) is 0 Å². The Morgan fingerprint density at radius 2 is 1.86 bits per heavy atom. The van der Waals surface area contributed by atoms with Crippen molar-refractivity contribution in [2.45, 2.75) is 24.9 Å². The van der Waals surface area contributed by atoms with Crippen LogP contribution >= 0.6 is 24.0 Å². The van der Waals surface area contributed by atoms with Gasteiger partial charge in [0.1, 0.15) is 23.1 Å². The summed E-state index contributed by atoms with van der Waals surface area (Å²) in [6.07, 6.45) is 0.663. The zero-order chi connectivity index (χ0) is 20.3. The monoisotopic (exact) mass is 517 g/mol. The van der Waals surface area contributed by atoms with E-state index in [0.717, 1.165) is 17.1 Å². The summed E-state index contributed by atoms with van der Waals surface area (Å²) in [7, 11) is 6.81. The highest BCUT2D eigenvalue weighted by Crippen LogP contribution is 2.43. The van der Waals surface area contributed by atoms with Crippen molar-refractivity contribution in [3.63, 3.8) is 0 Å². The molecule has 1 N–H and O–H groups in total. The number of aliphatic imine (C=N–C) groups is 1. The quantitative estimate of drug-likeness (QED) is 0.355. The van der Waals surface area contributed by atoms with Gasteiger partial charge in [0.15, 0.2) is 5.96 Å². The molecule has 1 aliphatic carbocycles. The highest BCUT2D eigenvalue weighted by molar-refractivity contribution is 14.0. The van der Waals surface area contributed by atoms with Crippen molar-refractivity contribution >= 4 is 29.9 Å². The fraction of sp³-hybridized carbons (Fsp3) is 0.381. The molecule has 5 nitrogen and oxygen atoms in total. The molecule has 1 fully saturated rings. The minimum atomic E-state index is -0.499. The lowest BCUT2D eigenvalue weighted by Gasteiger charge is -2.23. The van der Waals surface area contributed by atoms with Gasteiger partial charge in [-0.1, -0.05) is 6.07 Å². The number of rotatable bonds is 6. The van der Waals surface area contributed by atoms with Gasteiger partial charge in [-0.05, 0) is 30.7 Å². The topological polar surface area (TPSA) is 46.1 Å². The van der Waals surface area contributed by atoms with Crippen LogP contribution in [0.2, 0.25) is 0 Å². The predicted octanol–water partition coefficient (Wildman–Crippen LogP) is 4.16. The lowest BCUT2D eigenvalue weighted by Crippen LogP contribution is -2.40. The van der Waals surface area contributed by atoms with Crippen LogP contribution in [0.15, 0.2) is 41.4 Å². The molecular weight excluding hydrogens is 491 g/mol. The van der Waals surface area contributed by atoms with E-state index in [1.807, 2.05) is 30.1 Å². The molecule has 0 saturated heterocycles. The van der Waals surface area contributed by atoms with Gasteiger partial charge in [0, 0.05) is 49.8 Å². The number of hydrogen-bond acceptors (Lipinski definition) is 3. The second-order valence-corrected chi connectivity index (χ2v) is 6.81. The fourth-order valence-electron chi connectivity index (χ4n) is 3.36. The highest BCUT2D eigenvalue weighted by atomic mass is 127. The van der Waals surface area contributed by atoms with Crippen LogP contribution in [0.1, 0.15) is 23.5 Å². The van der Waals surface area contributed by atoms with E-state index in [1.54, 1.807) is 21.3 Å². The van der Waals surface area contributed by atoms with Gasteiger partial charge in [0.05, 0.1) is 14.2 Å². The first kappa shape index (κ1) is 23.2. The largest absolute Gasteiger partial charge is 0.497 e. The standard InChI is InChI=1S/C21H25F2N3O2.HI/c1-24-21(25-18-11-15(18)20-16(22)6-5-7-17(20)23)26(2)12-13-8-9-14(27-3)10-19(13)28-4;/h5-10,15,18H,11-12H2,1-4H3,(H,24,25);1H. The van der Waals surface area contributed by atoms with Crippen LogP contribution in [0.25, 0.3) is 0 Å². The van der Waals surface area contributed by atoms with Crippen molar-refractivity contribution in [1.29, 1.82) is 0 Å². The molecule has 0 amide bonds. The Bertz CT molecular complexity index is 859. The summed E-state index contributed by atoms with van der Waals surface area (Å²) in [5.74, 6) is 0.906. The van der Waals surface area contributed by atoms with Gasteiger partial charge in [0.25, 0.3) is 0 Å². The van der Waals surface area contributed by atoms with Crippen LogP contribution in [-0.2, 0) is 6.54 Å². The first-order chi connectivity index (χ1) is 13.5. The molecule has 0 spiro atoms. The highest BCUT2D eigenvalue weighted by Gasteiger charge is 2.42. The van der Waals surface area contributed by atoms with Crippen LogP contribution < -0.4 is 14.8 Å². The molecule has 0 aliphatic heterocycles. The molecule has 0 bridgehead atoms. The molecule has 1 saturated carbocycles. The molecule has 29 heavy (non-hydrogen) atoms. The summed E-state index contributed by atoms with van der Waals surface area (Å²) in [6.45, 7) is 0.554. The van der Waals surface area contributed by atoms with Gasteiger partial charge in [-0.25, -0.2) is 8.78 Å². The summed E-state index contributed by atoms with van der Waals surface area (Å²) in [5, 5.41) is 3.30. The maximum Gasteiger partial charge on any atom is 0.193 e. The summed E-state index contributed by atoms with van der Waals surface area (Å²) < 4.78 is 38.7. The Labute approximate surface area is 187 Å². The van der Waals surface area contributed by atoms with Gasteiger partial charge in [-0.3, -0.25) is 4.99 Å². The normalized spacial score (nSPS) is 17.9. The molecule has 0 radical (unpaired) electrons. The molecule has 2 aromatic carbocycles. The third-order valence-electron chi connectivity index (χ3n) is 4.95. The number of nitrogens with one attached hydrogen (secondary N) is 1. The maximum atomic E-state index is 14.0. The number of hydrogen-bond donors (Lipinski definition) is 1. The Hall–Kier alpha value is -2.10. The first-order valence-electron chi connectivity index (χ1n) is 9.07. The molecule has 2 atom stereocenters. The van der Waals surface area contributed by atoms with E-state index in [1.165, 1.54) is 18.2 Å². The molecule has 1 aliphatic rings. The second kappa shape index (κ2) is 10.1. The number of guanidine groups is 1. The summed E-state index contributed by atoms with van der Waals surface area (Å²) in [5.41, 5.74) is 1.12. The van der Waals surface area contributed by atoms with Crippen molar-refractivity contribution in [1.82, 2.24) is 10.2 Å². The van der Waals surface area contributed by atoms with Crippen LogP contribution in [0.5, 0.6) is 11.5 Å².